The summed E-state index contributed by atoms with van der Waals surface area (Å²) < 4.78 is 12.1. The third kappa shape index (κ3) is 35.5. The Morgan fingerprint density at radius 1 is 0.522 bits per heavy atom. The molecule has 0 aromatic carbocycles. The molecule has 5 heteroatoms. The van der Waals surface area contributed by atoms with Crippen molar-refractivity contribution in [1.29, 1.82) is 0 Å². The van der Waals surface area contributed by atoms with E-state index in [1.54, 1.807) is 0 Å². The van der Waals surface area contributed by atoms with Crippen LogP contribution in [-0.2, 0) is 19.1 Å². The third-order valence-corrected chi connectivity index (χ3v) is 8.88. The van der Waals surface area contributed by atoms with Gasteiger partial charge in [0.1, 0.15) is 6.54 Å². The second-order valence-electron chi connectivity index (χ2n) is 14.9. The van der Waals surface area contributed by atoms with Crippen LogP contribution >= 0.6 is 0 Å². The van der Waals surface area contributed by atoms with Gasteiger partial charge in [-0.2, -0.15) is 0 Å². The molecule has 0 fully saturated rings. The van der Waals surface area contributed by atoms with E-state index in [0.29, 0.717) is 30.4 Å². The summed E-state index contributed by atoms with van der Waals surface area (Å²) >= 11 is 0. The van der Waals surface area contributed by atoms with E-state index in [4.69, 9.17) is 9.47 Å². The summed E-state index contributed by atoms with van der Waals surface area (Å²) in [6, 6.07) is 0. The number of allylic oxidation sites excluding steroid dienone is 2. The summed E-state index contributed by atoms with van der Waals surface area (Å²) in [5, 5.41) is 0. The topological polar surface area (TPSA) is 52.6 Å². The van der Waals surface area contributed by atoms with Gasteiger partial charge in [0.05, 0.1) is 27.7 Å². The summed E-state index contributed by atoms with van der Waals surface area (Å²) in [4.78, 5) is 24.8. The maximum atomic E-state index is 12.6. The molecule has 0 N–H and O–H groups in total. The van der Waals surface area contributed by atoms with Crippen LogP contribution in [0.3, 0.4) is 0 Å². The fourth-order valence-corrected chi connectivity index (χ4v) is 6.05. The Morgan fingerprint density at radius 3 is 1.30 bits per heavy atom. The van der Waals surface area contributed by atoms with Crippen LogP contribution in [0.5, 0.6) is 0 Å². The number of quaternary nitrogens is 1. The number of unbranched alkanes of at least 4 members (excludes halogenated alkanes) is 23. The number of likely N-dealkylation sites (N-methyl/N-ethyl adjacent to an activating group) is 1. The number of carbonyl (C=O) groups excluding carboxylic acids is 2. The van der Waals surface area contributed by atoms with Crippen molar-refractivity contribution in [3.63, 3.8) is 0 Å². The summed E-state index contributed by atoms with van der Waals surface area (Å²) in [5.74, 6) is -0.233. The van der Waals surface area contributed by atoms with Crippen LogP contribution in [0.25, 0.3) is 0 Å². The van der Waals surface area contributed by atoms with Crippen molar-refractivity contribution in [2.45, 2.75) is 206 Å². The van der Waals surface area contributed by atoms with Gasteiger partial charge in [-0.05, 0) is 38.5 Å². The molecule has 0 aliphatic rings. The molecule has 272 valence electrons. The van der Waals surface area contributed by atoms with Crippen LogP contribution < -0.4 is 0 Å². The first-order valence-electron chi connectivity index (χ1n) is 20.1. The largest absolute Gasteiger partial charge is 0.466 e. The molecule has 0 amide bonds. The highest BCUT2D eigenvalue weighted by Gasteiger charge is 2.22. The zero-order valence-corrected chi connectivity index (χ0v) is 31.7. The number of carbonyl (C=O) groups is 2. The van der Waals surface area contributed by atoms with Crippen LogP contribution in [0.4, 0.5) is 0 Å². The highest BCUT2D eigenvalue weighted by molar-refractivity contribution is 5.69. The lowest BCUT2D eigenvalue weighted by Gasteiger charge is -2.29. The van der Waals surface area contributed by atoms with Gasteiger partial charge < -0.3 is 14.0 Å². The predicted octanol–water partition coefficient (Wildman–Crippen LogP) is 12.1. The molecule has 0 aromatic heterocycles. The molecule has 0 heterocycles. The summed E-state index contributed by atoms with van der Waals surface area (Å²) in [6.45, 7) is 5.58. The van der Waals surface area contributed by atoms with Crippen molar-refractivity contribution in [2.75, 3.05) is 34.3 Å². The molecule has 0 aliphatic heterocycles. The molecule has 0 saturated carbocycles. The van der Waals surface area contributed by atoms with Crippen LogP contribution in [0, 0.1) is 0 Å². The van der Waals surface area contributed by atoms with Crippen molar-refractivity contribution in [2.24, 2.45) is 0 Å². The average molecular weight is 651 g/mol. The Hall–Kier alpha value is -1.36. The van der Waals surface area contributed by atoms with Crippen LogP contribution in [-0.4, -0.2) is 56.8 Å². The van der Waals surface area contributed by atoms with Gasteiger partial charge in [0, 0.05) is 19.3 Å². The summed E-state index contributed by atoms with van der Waals surface area (Å²) in [5.41, 5.74) is 0. The molecular weight excluding hydrogens is 570 g/mol. The van der Waals surface area contributed by atoms with E-state index < -0.39 is 0 Å². The molecule has 0 radical (unpaired) electrons. The SMILES string of the molecule is CCCCCCC/C=C\CCCCCCCCC(=O)OCCC(C[N+](C)(C)C)OC(=O)CCCCCCCCCCCCCCC. The molecule has 1 unspecified atom stereocenters. The Kier molecular flexibility index (Phi) is 32.5. The van der Waals surface area contributed by atoms with Gasteiger partial charge in [-0.1, -0.05) is 154 Å². The first kappa shape index (κ1) is 44.6. The van der Waals surface area contributed by atoms with E-state index in [0.717, 1.165) is 32.2 Å². The molecule has 0 aliphatic carbocycles. The van der Waals surface area contributed by atoms with Crippen LogP contribution in [0.2, 0.25) is 0 Å². The Morgan fingerprint density at radius 2 is 0.891 bits per heavy atom. The lowest BCUT2D eigenvalue weighted by Crippen LogP contribution is -2.43. The monoisotopic (exact) mass is 651 g/mol. The minimum Gasteiger partial charge on any atom is -0.466 e. The molecule has 1 atom stereocenters. The van der Waals surface area contributed by atoms with Gasteiger partial charge in [0.25, 0.3) is 0 Å². The summed E-state index contributed by atoms with van der Waals surface area (Å²) in [6.07, 6.45) is 39.1. The van der Waals surface area contributed by atoms with Crippen molar-refractivity contribution in [3.05, 3.63) is 12.2 Å². The molecule has 0 spiro atoms. The Bertz CT molecular complexity index is 699. The van der Waals surface area contributed by atoms with Crippen molar-refractivity contribution < 1.29 is 23.5 Å². The van der Waals surface area contributed by atoms with Crippen molar-refractivity contribution in [1.82, 2.24) is 0 Å². The molecule has 0 aromatic rings. The van der Waals surface area contributed by atoms with Gasteiger partial charge in [0.2, 0.25) is 0 Å². The number of hydrogen-bond acceptors (Lipinski definition) is 4. The molecule has 0 rings (SSSR count). The second kappa shape index (κ2) is 33.5. The molecule has 5 nitrogen and oxygen atoms in total. The van der Waals surface area contributed by atoms with E-state index in [1.165, 1.54) is 141 Å². The first-order valence-corrected chi connectivity index (χ1v) is 20.1. The number of ether oxygens (including phenoxy) is 2. The lowest BCUT2D eigenvalue weighted by molar-refractivity contribution is -0.873. The zero-order chi connectivity index (χ0) is 34.0. The number of nitrogens with zero attached hydrogens (tertiary/aromatic N) is 1. The molecular formula is C41H80NO4+. The molecule has 0 bridgehead atoms. The normalized spacial score (nSPS) is 12.5. The smallest absolute Gasteiger partial charge is 0.306 e. The van der Waals surface area contributed by atoms with E-state index >= 15 is 0 Å². The highest BCUT2D eigenvalue weighted by Crippen LogP contribution is 2.15. The van der Waals surface area contributed by atoms with Gasteiger partial charge in [-0.15, -0.1) is 0 Å². The quantitative estimate of drug-likeness (QED) is 0.0296. The van der Waals surface area contributed by atoms with E-state index in [-0.39, 0.29) is 18.0 Å². The average Bonchev–Trinajstić information content (AvgIpc) is 3.00. The van der Waals surface area contributed by atoms with Crippen molar-refractivity contribution >= 4 is 11.9 Å². The number of esters is 2. The maximum Gasteiger partial charge on any atom is 0.306 e. The van der Waals surface area contributed by atoms with Crippen LogP contribution in [0.15, 0.2) is 12.2 Å². The van der Waals surface area contributed by atoms with E-state index in [9.17, 15) is 9.59 Å². The van der Waals surface area contributed by atoms with Gasteiger partial charge >= 0.3 is 11.9 Å². The van der Waals surface area contributed by atoms with Crippen molar-refractivity contribution in [3.8, 4) is 0 Å². The standard InChI is InChI=1S/C41H80NO4/c1-6-8-10-12-14-16-18-20-21-23-24-26-28-30-32-34-40(43)45-37-36-39(38-42(3,4)5)46-41(44)35-33-31-29-27-25-22-19-17-15-13-11-9-7-2/h18,20,39H,6-17,19,21-38H2,1-5H3/q+1/b20-18-. The molecule has 0 saturated heterocycles. The lowest BCUT2D eigenvalue weighted by atomic mass is 10.0. The molecule has 46 heavy (non-hydrogen) atoms. The highest BCUT2D eigenvalue weighted by atomic mass is 16.6. The summed E-state index contributed by atoms with van der Waals surface area (Å²) in [7, 11) is 6.31. The van der Waals surface area contributed by atoms with E-state index in [2.05, 4.69) is 47.1 Å². The van der Waals surface area contributed by atoms with Gasteiger partial charge in [0.15, 0.2) is 6.10 Å². The number of hydrogen-bond donors (Lipinski definition) is 0. The zero-order valence-electron chi connectivity index (χ0n) is 31.7. The Balaban J connectivity index is 3.84. The van der Waals surface area contributed by atoms with Gasteiger partial charge in [-0.3, -0.25) is 9.59 Å². The second-order valence-corrected chi connectivity index (χ2v) is 14.9. The maximum absolute atomic E-state index is 12.6. The third-order valence-electron chi connectivity index (χ3n) is 8.88. The van der Waals surface area contributed by atoms with E-state index in [1.807, 2.05) is 0 Å². The Labute approximate surface area is 287 Å². The fraction of sp³-hybridized carbons (Fsp3) is 0.902. The first-order chi connectivity index (χ1) is 22.3. The number of rotatable bonds is 35. The minimum absolute atomic E-state index is 0.110. The van der Waals surface area contributed by atoms with Crippen LogP contribution in [0.1, 0.15) is 200 Å². The van der Waals surface area contributed by atoms with Gasteiger partial charge in [-0.25, -0.2) is 0 Å². The fourth-order valence-electron chi connectivity index (χ4n) is 6.05. The minimum atomic E-state index is -0.220. The predicted molar refractivity (Wildman–Crippen MR) is 198 cm³/mol.